The first-order valence-electron chi connectivity index (χ1n) is 6.26. The number of hydrogen-bond donors (Lipinski definition) is 3. The molecular weight excluding hydrogens is 300 g/mol. The van der Waals surface area contributed by atoms with Crippen LogP contribution in [-0.2, 0) is 10.3 Å². The molecule has 1 aliphatic rings. The Bertz CT molecular complexity index is 776. The molecule has 1 aliphatic heterocycles. The SMILES string of the molecule is N#C[C@@]1(c2cc(F)c3c(N)ncnn23)O[C@H](CO)[C@@H](O)[C@H]1F. The van der Waals surface area contributed by atoms with Crippen LogP contribution in [0.15, 0.2) is 12.4 Å². The van der Waals surface area contributed by atoms with Gasteiger partial charge in [-0.05, 0) is 0 Å². The number of nitriles is 1. The Hall–Kier alpha value is -2.35. The van der Waals surface area contributed by atoms with Crippen LogP contribution in [-0.4, -0.2) is 49.8 Å². The molecule has 4 N–H and O–H groups in total. The first-order valence-corrected chi connectivity index (χ1v) is 6.26. The lowest BCUT2D eigenvalue weighted by Crippen LogP contribution is -2.37. The van der Waals surface area contributed by atoms with E-state index in [0.717, 1.165) is 16.9 Å². The molecule has 0 unspecified atom stereocenters. The van der Waals surface area contributed by atoms with Gasteiger partial charge in [0.05, 0.1) is 12.3 Å². The van der Waals surface area contributed by atoms with Crippen molar-refractivity contribution in [1.29, 1.82) is 5.26 Å². The van der Waals surface area contributed by atoms with Crippen LogP contribution >= 0.6 is 0 Å². The molecule has 1 saturated heterocycles. The minimum Gasteiger partial charge on any atom is -0.394 e. The summed E-state index contributed by atoms with van der Waals surface area (Å²) in [5, 5.41) is 32.0. The highest BCUT2D eigenvalue weighted by atomic mass is 19.1. The predicted octanol–water partition coefficient (Wildman–Crippen LogP) is -0.740. The zero-order valence-corrected chi connectivity index (χ0v) is 11.0. The smallest absolute Gasteiger partial charge is 0.231 e. The van der Waals surface area contributed by atoms with Gasteiger partial charge < -0.3 is 20.7 Å². The van der Waals surface area contributed by atoms with E-state index in [4.69, 9.17) is 15.6 Å². The van der Waals surface area contributed by atoms with Gasteiger partial charge in [0.1, 0.15) is 30.1 Å². The molecule has 3 heterocycles. The first kappa shape index (κ1) is 14.6. The number of halogens is 2. The second-order valence-corrected chi connectivity index (χ2v) is 4.86. The summed E-state index contributed by atoms with van der Waals surface area (Å²) in [7, 11) is 0. The largest absolute Gasteiger partial charge is 0.394 e. The van der Waals surface area contributed by atoms with E-state index in [2.05, 4.69) is 10.1 Å². The average molecular weight is 311 g/mol. The van der Waals surface area contributed by atoms with Crippen LogP contribution in [0.1, 0.15) is 5.69 Å². The molecule has 0 bridgehead atoms. The Labute approximate surface area is 122 Å². The number of aromatic nitrogens is 3. The number of aliphatic hydroxyl groups is 2. The van der Waals surface area contributed by atoms with Gasteiger partial charge in [-0.1, -0.05) is 0 Å². The van der Waals surface area contributed by atoms with Gasteiger partial charge in [0.25, 0.3) is 0 Å². The third-order valence-electron chi connectivity index (χ3n) is 3.67. The minimum atomic E-state index is -2.32. The molecule has 4 atom stereocenters. The van der Waals surface area contributed by atoms with Gasteiger partial charge >= 0.3 is 0 Å². The fraction of sp³-hybridized carbons (Fsp3) is 0.417. The maximum absolute atomic E-state index is 14.5. The number of ether oxygens (including phenoxy) is 1. The summed E-state index contributed by atoms with van der Waals surface area (Å²) >= 11 is 0. The molecule has 10 heteroatoms. The van der Waals surface area contributed by atoms with Crippen LogP contribution < -0.4 is 5.73 Å². The fourth-order valence-electron chi connectivity index (χ4n) is 2.58. The number of rotatable bonds is 2. The Morgan fingerprint density at radius 3 is 2.91 bits per heavy atom. The second-order valence-electron chi connectivity index (χ2n) is 4.86. The van der Waals surface area contributed by atoms with Crippen molar-refractivity contribution in [1.82, 2.24) is 14.6 Å². The van der Waals surface area contributed by atoms with Crippen molar-refractivity contribution < 1.29 is 23.7 Å². The molecule has 22 heavy (non-hydrogen) atoms. The number of aliphatic hydroxyl groups excluding tert-OH is 2. The monoisotopic (exact) mass is 311 g/mol. The number of anilines is 1. The van der Waals surface area contributed by atoms with Crippen molar-refractivity contribution in [2.45, 2.75) is 24.0 Å². The van der Waals surface area contributed by atoms with Gasteiger partial charge in [-0.15, -0.1) is 0 Å². The van der Waals surface area contributed by atoms with Crippen LogP contribution in [0.2, 0.25) is 0 Å². The van der Waals surface area contributed by atoms with Crippen LogP contribution in [0, 0.1) is 17.1 Å². The van der Waals surface area contributed by atoms with Crippen molar-refractivity contribution in [3.05, 3.63) is 23.9 Å². The van der Waals surface area contributed by atoms with Crippen molar-refractivity contribution >= 4 is 11.3 Å². The van der Waals surface area contributed by atoms with E-state index in [1.54, 1.807) is 6.07 Å². The Balaban J connectivity index is 2.26. The van der Waals surface area contributed by atoms with E-state index in [0.29, 0.717) is 0 Å². The Morgan fingerprint density at radius 2 is 2.32 bits per heavy atom. The van der Waals surface area contributed by atoms with E-state index in [1.165, 1.54) is 0 Å². The van der Waals surface area contributed by atoms with E-state index in [1.807, 2.05) is 0 Å². The quantitative estimate of drug-likeness (QED) is 0.666. The van der Waals surface area contributed by atoms with Crippen LogP contribution in [0.5, 0.6) is 0 Å². The molecule has 2 aromatic heterocycles. The lowest BCUT2D eigenvalue weighted by molar-refractivity contribution is -0.0566. The maximum Gasteiger partial charge on any atom is 0.231 e. The number of nitrogens with two attached hydrogens (primary N) is 1. The molecular formula is C12H11F2N5O3. The summed E-state index contributed by atoms with van der Waals surface area (Å²) in [6.45, 7) is -0.700. The number of alkyl halides is 1. The Kier molecular flexibility index (Phi) is 3.21. The van der Waals surface area contributed by atoms with Gasteiger partial charge in [0.15, 0.2) is 17.8 Å². The molecule has 8 nitrogen and oxygen atoms in total. The van der Waals surface area contributed by atoms with Crippen LogP contribution in [0.25, 0.3) is 5.52 Å². The zero-order valence-electron chi connectivity index (χ0n) is 11.0. The minimum absolute atomic E-state index is 0.195. The van der Waals surface area contributed by atoms with E-state index in [-0.39, 0.29) is 17.0 Å². The summed E-state index contributed by atoms with van der Waals surface area (Å²) in [5.74, 6) is -1.06. The van der Waals surface area contributed by atoms with Crippen LogP contribution in [0.4, 0.5) is 14.6 Å². The second kappa shape index (κ2) is 4.84. The highest BCUT2D eigenvalue weighted by Gasteiger charge is 2.59. The van der Waals surface area contributed by atoms with Crippen molar-refractivity contribution in [3.63, 3.8) is 0 Å². The zero-order chi connectivity index (χ0) is 16.1. The third-order valence-corrected chi connectivity index (χ3v) is 3.67. The van der Waals surface area contributed by atoms with E-state index >= 15 is 0 Å². The van der Waals surface area contributed by atoms with Gasteiger partial charge in [0, 0.05) is 6.07 Å². The third kappa shape index (κ3) is 1.70. The van der Waals surface area contributed by atoms with Gasteiger partial charge in [-0.3, -0.25) is 0 Å². The molecule has 0 aromatic carbocycles. The molecule has 0 saturated carbocycles. The van der Waals surface area contributed by atoms with Crippen LogP contribution in [0.3, 0.4) is 0 Å². The molecule has 1 fully saturated rings. The summed E-state index contributed by atoms with van der Waals surface area (Å²) in [6.07, 6.45) is -4.25. The Morgan fingerprint density at radius 1 is 1.59 bits per heavy atom. The molecule has 0 spiro atoms. The number of hydrogen-bond acceptors (Lipinski definition) is 7. The lowest BCUT2D eigenvalue weighted by atomic mass is 9.94. The number of fused-ring (bicyclic) bond motifs is 1. The lowest BCUT2D eigenvalue weighted by Gasteiger charge is -2.22. The van der Waals surface area contributed by atoms with Crippen molar-refractivity contribution in [2.24, 2.45) is 0 Å². The summed E-state index contributed by atoms with van der Waals surface area (Å²) < 4.78 is 34.6. The molecule has 0 aliphatic carbocycles. The van der Waals surface area contributed by atoms with Gasteiger partial charge in [-0.2, -0.15) is 10.4 Å². The van der Waals surface area contributed by atoms with E-state index in [9.17, 15) is 19.1 Å². The van der Waals surface area contributed by atoms with E-state index < -0.39 is 36.4 Å². The maximum atomic E-state index is 14.5. The fourth-order valence-corrected chi connectivity index (χ4v) is 2.58. The molecule has 0 radical (unpaired) electrons. The summed E-state index contributed by atoms with van der Waals surface area (Å²) in [6, 6.07) is 2.46. The highest BCUT2D eigenvalue weighted by Crippen LogP contribution is 2.42. The average Bonchev–Trinajstić information content (AvgIpc) is 2.98. The number of nitrogens with zero attached hydrogens (tertiary/aromatic N) is 4. The summed E-state index contributed by atoms with van der Waals surface area (Å²) in [5.41, 5.74) is 2.72. The summed E-state index contributed by atoms with van der Waals surface area (Å²) in [4.78, 5) is 3.62. The van der Waals surface area contributed by atoms with Crippen molar-refractivity contribution in [3.8, 4) is 6.07 Å². The topological polar surface area (TPSA) is 130 Å². The molecule has 2 aromatic rings. The molecule has 116 valence electrons. The highest BCUT2D eigenvalue weighted by molar-refractivity contribution is 5.67. The molecule has 0 amide bonds. The first-order chi connectivity index (χ1) is 10.5. The number of nitrogen functional groups attached to an aromatic ring is 1. The van der Waals surface area contributed by atoms with Crippen molar-refractivity contribution in [2.75, 3.05) is 12.3 Å². The standard InChI is InChI=1S/C12H11F2N5O3/c13-5-1-7(19-8(5)11(16)17-4-18-19)12(3-15)10(14)9(21)6(2-20)22-12/h1,4,6,9-10,20-21H,2H2,(H2,16,17,18)/t6-,9-,10-,12+/m1/s1. The predicted molar refractivity (Wildman–Crippen MR) is 67.5 cm³/mol. The normalized spacial score (nSPS) is 31.5. The van der Waals surface area contributed by atoms with Gasteiger partial charge in [0.2, 0.25) is 5.60 Å². The molecule has 3 rings (SSSR count). The van der Waals surface area contributed by atoms with Gasteiger partial charge in [-0.25, -0.2) is 18.3 Å².